The van der Waals surface area contributed by atoms with Crippen LogP contribution in [-0.2, 0) is 12.8 Å². The zero-order chi connectivity index (χ0) is 20.2. The van der Waals surface area contributed by atoms with Gasteiger partial charge in [0.1, 0.15) is 5.75 Å². The normalized spacial score (nSPS) is 15.4. The molecule has 0 saturated heterocycles. The number of likely N-dealkylation sites (N-methyl/N-ethyl adjacent to an activating group) is 1. The van der Waals surface area contributed by atoms with Crippen molar-refractivity contribution in [2.75, 3.05) is 19.5 Å². The summed E-state index contributed by atoms with van der Waals surface area (Å²) in [6.07, 6.45) is 4.65. The molecule has 0 saturated carbocycles. The van der Waals surface area contributed by atoms with Crippen LogP contribution in [0.15, 0.2) is 54.7 Å². The van der Waals surface area contributed by atoms with Crippen LogP contribution in [0.1, 0.15) is 28.0 Å². The first-order valence-corrected chi connectivity index (χ1v) is 9.75. The number of nitrogens with one attached hydrogen (secondary N) is 2. The summed E-state index contributed by atoms with van der Waals surface area (Å²) in [5.74, 6) is 0.818. The number of para-hydroxylation sites is 1. The number of carbonyl (C=O) groups excluding carboxylic acids is 1. The van der Waals surface area contributed by atoms with Gasteiger partial charge in [-0.25, -0.2) is 9.97 Å². The third-order valence-electron chi connectivity index (χ3n) is 5.35. The average Bonchev–Trinajstić information content (AvgIpc) is 2.78. The molecule has 1 aliphatic rings. The number of hydrogen-bond donors (Lipinski definition) is 2. The summed E-state index contributed by atoms with van der Waals surface area (Å²) < 4.78 is 5.47. The van der Waals surface area contributed by atoms with E-state index in [1.54, 1.807) is 13.2 Å². The van der Waals surface area contributed by atoms with Crippen molar-refractivity contribution in [1.82, 2.24) is 15.3 Å². The summed E-state index contributed by atoms with van der Waals surface area (Å²) in [6, 6.07) is 15.6. The van der Waals surface area contributed by atoms with Gasteiger partial charge in [-0.15, -0.1) is 0 Å². The van der Waals surface area contributed by atoms with Gasteiger partial charge in [0.15, 0.2) is 0 Å². The van der Waals surface area contributed by atoms with Crippen LogP contribution in [0.2, 0.25) is 0 Å². The van der Waals surface area contributed by atoms with Crippen LogP contribution in [0.25, 0.3) is 11.1 Å². The van der Waals surface area contributed by atoms with Crippen LogP contribution in [-0.4, -0.2) is 36.1 Å². The minimum Gasteiger partial charge on any atom is -0.496 e. The number of benzene rings is 2. The SMILES string of the molecule is CNC1CCc2nc(NC(=O)c3ccccc3-c3ccccc3OC)ncc2C1. The van der Waals surface area contributed by atoms with Gasteiger partial charge in [-0.1, -0.05) is 36.4 Å². The van der Waals surface area contributed by atoms with Gasteiger partial charge in [-0.3, -0.25) is 10.1 Å². The number of amides is 1. The second kappa shape index (κ2) is 8.41. The molecule has 4 rings (SSSR count). The van der Waals surface area contributed by atoms with E-state index in [0.717, 1.165) is 47.4 Å². The Morgan fingerprint density at radius 1 is 1.10 bits per heavy atom. The van der Waals surface area contributed by atoms with E-state index in [1.165, 1.54) is 0 Å². The number of carbonyl (C=O) groups is 1. The molecule has 0 spiro atoms. The number of methoxy groups -OCH3 is 1. The lowest BCUT2D eigenvalue weighted by Crippen LogP contribution is -2.32. The van der Waals surface area contributed by atoms with E-state index in [1.807, 2.05) is 55.7 Å². The number of aromatic nitrogens is 2. The lowest BCUT2D eigenvalue weighted by molar-refractivity contribution is 0.102. The van der Waals surface area contributed by atoms with Gasteiger partial charge >= 0.3 is 0 Å². The molecule has 3 aromatic rings. The number of hydrogen-bond acceptors (Lipinski definition) is 5. The molecule has 29 heavy (non-hydrogen) atoms. The van der Waals surface area contributed by atoms with Crippen molar-refractivity contribution in [1.29, 1.82) is 0 Å². The Bertz CT molecular complexity index is 1030. The maximum atomic E-state index is 13.0. The molecule has 6 heteroatoms. The highest BCUT2D eigenvalue weighted by Gasteiger charge is 2.21. The van der Waals surface area contributed by atoms with Crippen molar-refractivity contribution < 1.29 is 9.53 Å². The average molecular weight is 388 g/mol. The van der Waals surface area contributed by atoms with Crippen molar-refractivity contribution in [2.45, 2.75) is 25.3 Å². The fraction of sp³-hybridized carbons (Fsp3) is 0.261. The molecule has 0 fully saturated rings. The van der Waals surface area contributed by atoms with E-state index in [-0.39, 0.29) is 5.91 Å². The van der Waals surface area contributed by atoms with Crippen LogP contribution in [0.3, 0.4) is 0 Å². The predicted octanol–water partition coefficient (Wildman–Crippen LogP) is 3.48. The quantitative estimate of drug-likeness (QED) is 0.700. The minimum absolute atomic E-state index is 0.240. The standard InChI is InChI=1S/C23H24N4O2/c1-24-16-11-12-20-15(13-16)14-25-23(26-20)27-22(28)19-9-4-3-7-17(19)18-8-5-6-10-21(18)29-2/h3-10,14,16,24H,11-13H2,1-2H3,(H,25,26,27,28). The zero-order valence-electron chi connectivity index (χ0n) is 16.6. The first-order chi connectivity index (χ1) is 14.2. The minimum atomic E-state index is -0.240. The molecular weight excluding hydrogens is 364 g/mol. The van der Waals surface area contributed by atoms with E-state index >= 15 is 0 Å². The molecule has 0 radical (unpaired) electrons. The molecule has 1 unspecified atom stereocenters. The Morgan fingerprint density at radius 3 is 2.66 bits per heavy atom. The van der Waals surface area contributed by atoms with E-state index in [9.17, 15) is 4.79 Å². The van der Waals surface area contributed by atoms with Gasteiger partial charge in [0.25, 0.3) is 5.91 Å². The van der Waals surface area contributed by atoms with Crippen molar-refractivity contribution in [3.05, 3.63) is 71.5 Å². The summed E-state index contributed by atoms with van der Waals surface area (Å²) in [5, 5.41) is 6.17. The second-order valence-electron chi connectivity index (χ2n) is 7.09. The highest BCUT2D eigenvalue weighted by Crippen LogP contribution is 2.32. The zero-order valence-corrected chi connectivity index (χ0v) is 16.6. The summed E-state index contributed by atoms with van der Waals surface area (Å²) in [6.45, 7) is 0. The predicted molar refractivity (Wildman–Crippen MR) is 113 cm³/mol. The maximum Gasteiger partial charge on any atom is 0.258 e. The van der Waals surface area contributed by atoms with E-state index < -0.39 is 0 Å². The molecule has 6 nitrogen and oxygen atoms in total. The molecule has 1 heterocycles. The lowest BCUT2D eigenvalue weighted by atomic mass is 9.93. The number of ether oxygens (including phenoxy) is 1. The fourth-order valence-corrected chi connectivity index (χ4v) is 3.77. The van der Waals surface area contributed by atoms with Gasteiger partial charge in [0.05, 0.1) is 7.11 Å². The number of nitrogens with zero attached hydrogens (tertiary/aromatic N) is 2. The number of anilines is 1. The van der Waals surface area contributed by atoms with Crippen LogP contribution >= 0.6 is 0 Å². The van der Waals surface area contributed by atoms with E-state index in [2.05, 4.69) is 20.6 Å². The summed E-state index contributed by atoms with van der Waals surface area (Å²) >= 11 is 0. The molecule has 1 aliphatic carbocycles. The van der Waals surface area contributed by atoms with Crippen molar-refractivity contribution in [3.8, 4) is 16.9 Å². The van der Waals surface area contributed by atoms with Crippen molar-refractivity contribution >= 4 is 11.9 Å². The Labute approximate surface area is 170 Å². The fourth-order valence-electron chi connectivity index (χ4n) is 3.77. The van der Waals surface area contributed by atoms with Crippen molar-refractivity contribution in [3.63, 3.8) is 0 Å². The first-order valence-electron chi connectivity index (χ1n) is 9.75. The number of rotatable bonds is 5. The second-order valence-corrected chi connectivity index (χ2v) is 7.09. The van der Waals surface area contributed by atoms with Crippen LogP contribution in [0.5, 0.6) is 5.75 Å². The summed E-state index contributed by atoms with van der Waals surface area (Å²) in [7, 11) is 3.60. The Kier molecular flexibility index (Phi) is 5.53. The van der Waals surface area contributed by atoms with Gasteiger partial charge in [-0.2, -0.15) is 0 Å². The van der Waals surface area contributed by atoms with Gasteiger partial charge in [0, 0.05) is 29.1 Å². The third kappa shape index (κ3) is 3.98. The van der Waals surface area contributed by atoms with Crippen LogP contribution in [0.4, 0.5) is 5.95 Å². The molecule has 0 aliphatic heterocycles. The molecule has 2 aromatic carbocycles. The maximum absolute atomic E-state index is 13.0. The largest absolute Gasteiger partial charge is 0.496 e. The Morgan fingerprint density at radius 2 is 1.86 bits per heavy atom. The van der Waals surface area contributed by atoms with Crippen LogP contribution in [0, 0.1) is 0 Å². The summed E-state index contributed by atoms with van der Waals surface area (Å²) in [5.41, 5.74) is 4.37. The lowest BCUT2D eigenvalue weighted by Gasteiger charge is -2.23. The molecule has 1 aromatic heterocycles. The van der Waals surface area contributed by atoms with Gasteiger partial charge < -0.3 is 10.1 Å². The van der Waals surface area contributed by atoms with Gasteiger partial charge in [-0.05, 0) is 49.6 Å². The molecule has 1 amide bonds. The number of aryl methyl sites for hydroxylation is 1. The topological polar surface area (TPSA) is 76.1 Å². The summed E-state index contributed by atoms with van der Waals surface area (Å²) in [4.78, 5) is 22.0. The van der Waals surface area contributed by atoms with E-state index in [4.69, 9.17) is 4.74 Å². The van der Waals surface area contributed by atoms with Gasteiger partial charge in [0.2, 0.25) is 5.95 Å². The highest BCUT2D eigenvalue weighted by atomic mass is 16.5. The smallest absolute Gasteiger partial charge is 0.258 e. The third-order valence-corrected chi connectivity index (χ3v) is 5.35. The molecule has 2 N–H and O–H groups in total. The Balaban J connectivity index is 1.60. The van der Waals surface area contributed by atoms with Crippen molar-refractivity contribution in [2.24, 2.45) is 0 Å². The molecular formula is C23H24N4O2. The van der Waals surface area contributed by atoms with Crippen LogP contribution < -0.4 is 15.4 Å². The first kappa shape index (κ1) is 19.1. The number of fused-ring (bicyclic) bond motifs is 1. The Hall–Kier alpha value is -3.25. The molecule has 148 valence electrons. The van der Waals surface area contributed by atoms with E-state index in [0.29, 0.717) is 17.6 Å². The monoisotopic (exact) mass is 388 g/mol. The highest BCUT2D eigenvalue weighted by molar-refractivity contribution is 6.08. The molecule has 0 bridgehead atoms. The molecule has 1 atom stereocenters.